The minimum atomic E-state index is 0. The lowest BCUT2D eigenvalue weighted by molar-refractivity contribution is 0.407. The van der Waals surface area contributed by atoms with Gasteiger partial charge in [0.15, 0.2) is 0 Å². The van der Waals surface area contributed by atoms with Crippen LogP contribution < -0.4 is 10.5 Å². The standard InChI is InChI=1S/C13H21NO.ClH/c1-9(2)12-8-11(7-10(3)14)5-6-13(12)15-4;/h5-6,8-10H,7,14H2,1-4H3;1H. The van der Waals surface area contributed by atoms with Gasteiger partial charge in [0, 0.05) is 6.04 Å². The van der Waals surface area contributed by atoms with Crippen LogP contribution in [0.2, 0.25) is 0 Å². The van der Waals surface area contributed by atoms with Gasteiger partial charge in [0.2, 0.25) is 0 Å². The number of hydrogen-bond donors (Lipinski definition) is 1. The summed E-state index contributed by atoms with van der Waals surface area (Å²) in [5.74, 6) is 1.45. The summed E-state index contributed by atoms with van der Waals surface area (Å²) in [6.07, 6.45) is 0.920. The van der Waals surface area contributed by atoms with E-state index in [-0.39, 0.29) is 18.4 Å². The van der Waals surface area contributed by atoms with Gasteiger partial charge < -0.3 is 10.5 Å². The normalized spacial score (nSPS) is 12.1. The Labute approximate surface area is 105 Å². The first-order valence-electron chi connectivity index (χ1n) is 5.47. The molecule has 3 heteroatoms. The summed E-state index contributed by atoms with van der Waals surface area (Å²) in [4.78, 5) is 0. The van der Waals surface area contributed by atoms with Crippen LogP contribution in [0.1, 0.15) is 37.8 Å². The lowest BCUT2D eigenvalue weighted by atomic mass is 9.97. The van der Waals surface area contributed by atoms with Crippen LogP contribution in [0, 0.1) is 0 Å². The monoisotopic (exact) mass is 243 g/mol. The van der Waals surface area contributed by atoms with Crippen molar-refractivity contribution in [3.05, 3.63) is 29.3 Å². The van der Waals surface area contributed by atoms with E-state index in [0.717, 1.165) is 12.2 Å². The molecule has 0 aliphatic carbocycles. The van der Waals surface area contributed by atoms with Crippen molar-refractivity contribution >= 4 is 12.4 Å². The maximum atomic E-state index is 5.79. The van der Waals surface area contributed by atoms with Crippen molar-refractivity contribution in [1.82, 2.24) is 0 Å². The summed E-state index contributed by atoms with van der Waals surface area (Å²) in [5.41, 5.74) is 8.34. The first kappa shape index (κ1) is 15.3. The maximum Gasteiger partial charge on any atom is 0.122 e. The van der Waals surface area contributed by atoms with Gasteiger partial charge in [0.05, 0.1) is 7.11 Å². The molecule has 0 bridgehead atoms. The fraction of sp³-hybridized carbons (Fsp3) is 0.538. The van der Waals surface area contributed by atoms with E-state index in [4.69, 9.17) is 10.5 Å². The van der Waals surface area contributed by atoms with Gasteiger partial charge in [0.1, 0.15) is 5.75 Å². The van der Waals surface area contributed by atoms with Crippen LogP contribution >= 0.6 is 12.4 Å². The number of halogens is 1. The van der Waals surface area contributed by atoms with E-state index in [2.05, 4.69) is 26.0 Å². The fourth-order valence-electron chi connectivity index (χ4n) is 1.73. The molecule has 0 heterocycles. The highest BCUT2D eigenvalue weighted by Gasteiger charge is 2.08. The van der Waals surface area contributed by atoms with Crippen LogP contribution in [0.5, 0.6) is 5.75 Å². The summed E-state index contributed by atoms with van der Waals surface area (Å²) < 4.78 is 5.34. The molecule has 0 amide bonds. The predicted octanol–water partition coefficient (Wildman–Crippen LogP) is 3.13. The number of benzene rings is 1. The van der Waals surface area contributed by atoms with Crippen molar-refractivity contribution in [2.75, 3.05) is 7.11 Å². The first-order valence-corrected chi connectivity index (χ1v) is 5.47. The third-order valence-electron chi connectivity index (χ3n) is 2.47. The Morgan fingerprint density at radius 3 is 2.31 bits per heavy atom. The molecule has 0 spiro atoms. The van der Waals surface area contributed by atoms with Crippen LogP contribution in [0.15, 0.2) is 18.2 Å². The Balaban J connectivity index is 0.00000225. The van der Waals surface area contributed by atoms with Gasteiger partial charge in [-0.1, -0.05) is 26.0 Å². The average molecular weight is 244 g/mol. The number of ether oxygens (including phenoxy) is 1. The van der Waals surface area contributed by atoms with Gasteiger partial charge in [-0.05, 0) is 36.5 Å². The summed E-state index contributed by atoms with van der Waals surface area (Å²) in [7, 11) is 1.71. The predicted molar refractivity (Wildman–Crippen MR) is 71.7 cm³/mol. The third kappa shape index (κ3) is 4.03. The SMILES string of the molecule is COc1ccc(CC(C)N)cc1C(C)C.Cl. The van der Waals surface area contributed by atoms with Crippen molar-refractivity contribution in [1.29, 1.82) is 0 Å². The van der Waals surface area contributed by atoms with Gasteiger partial charge in [-0.15, -0.1) is 12.4 Å². The van der Waals surface area contributed by atoms with E-state index in [9.17, 15) is 0 Å². The zero-order chi connectivity index (χ0) is 11.4. The van der Waals surface area contributed by atoms with E-state index in [1.807, 2.05) is 13.0 Å². The molecule has 0 saturated carbocycles. The topological polar surface area (TPSA) is 35.2 Å². The maximum absolute atomic E-state index is 5.79. The van der Waals surface area contributed by atoms with Crippen LogP contribution in [0.3, 0.4) is 0 Å². The number of methoxy groups -OCH3 is 1. The van der Waals surface area contributed by atoms with Crippen molar-refractivity contribution < 1.29 is 4.74 Å². The highest BCUT2D eigenvalue weighted by Crippen LogP contribution is 2.27. The van der Waals surface area contributed by atoms with Crippen LogP contribution in [0.4, 0.5) is 0 Å². The molecule has 0 aromatic heterocycles. The highest BCUT2D eigenvalue weighted by molar-refractivity contribution is 5.85. The van der Waals surface area contributed by atoms with Crippen molar-refractivity contribution in [2.24, 2.45) is 5.73 Å². The van der Waals surface area contributed by atoms with Crippen LogP contribution in [-0.4, -0.2) is 13.2 Å². The molecule has 0 aliphatic rings. The molecule has 2 N–H and O–H groups in total. The second-order valence-electron chi connectivity index (χ2n) is 4.41. The molecule has 1 aromatic carbocycles. The third-order valence-corrected chi connectivity index (χ3v) is 2.47. The second kappa shape index (κ2) is 6.77. The van der Waals surface area contributed by atoms with Crippen LogP contribution in [-0.2, 0) is 6.42 Å². The lowest BCUT2D eigenvalue weighted by Gasteiger charge is -2.14. The molecule has 1 atom stereocenters. The van der Waals surface area contributed by atoms with Crippen molar-refractivity contribution in [2.45, 2.75) is 39.2 Å². The smallest absolute Gasteiger partial charge is 0.122 e. The number of rotatable bonds is 4. The summed E-state index contributed by atoms with van der Waals surface area (Å²) >= 11 is 0. The Bertz CT molecular complexity index is 324. The Morgan fingerprint density at radius 2 is 1.88 bits per heavy atom. The average Bonchev–Trinajstić information content (AvgIpc) is 2.16. The van der Waals surface area contributed by atoms with Crippen LogP contribution in [0.25, 0.3) is 0 Å². The number of hydrogen-bond acceptors (Lipinski definition) is 2. The molecule has 1 unspecified atom stereocenters. The van der Waals surface area contributed by atoms with Gasteiger partial charge in [0.25, 0.3) is 0 Å². The molecule has 92 valence electrons. The molecule has 0 radical (unpaired) electrons. The minimum absolute atomic E-state index is 0. The Kier molecular flexibility index (Phi) is 6.46. The van der Waals surface area contributed by atoms with Crippen molar-refractivity contribution in [3.63, 3.8) is 0 Å². The molecular weight excluding hydrogens is 222 g/mol. The summed E-state index contributed by atoms with van der Waals surface area (Å²) in [6.45, 7) is 6.38. The van der Waals surface area contributed by atoms with E-state index < -0.39 is 0 Å². The minimum Gasteiger partial charge on any atom is -0.496 e. The summed E-state index contributed by atoms with van der Waals surface area (Å²) in [5, 5.41) is 0. The first-order chi connectivity index (χ1) is 7.04. The van der Waals surface area contributed by atoms with Gasteiger partial charge in [-0.3, -0.25) is 0 Å². The second-order valence-corrected chi connectivity index (χ2v) is 4.41. The largest absolute Gasteiger partial charge is 0.496 e. The zero-order valence-electron chi connectivity index (χ0n) is 10.5. The van der Waals surface area contributed by atoms with E-state index >= 15 is 0 Å². The van der Waals surface area contributed by atoms with E-state index in [1.165, 1.54) is 11.1 Å². The Morgan fingerprint density at radius 1 is 1.25 bits per heavy atom. The highest BCUT2D eigenvalue weighted by atomic mass is 35.5. The number of nitrogens with two attached hydrogens (primary N) is 1. The molecule has 0 fully saturated rings. The zero-order valence-corrected chi connectivity index (χ0v) is 11.3. The summed E-state index contributed by atoms with van der Waals surface area (Å²) in [6, 6.07) is 6.53. The molecule has 1 aromatic rings. The molecule has 0 saturated heterocycles. The van der Waals surface area contributed by atoms with Gasteiger partial charge in [-0.25, -0.2) is 0 Å². The van der Waals surface area contributed by atoms with Gasteiger partial charge in [-0.2, -0.15) is 0 Å². The molecular formula is C13H22ClNO. The molecule has 16 heavy (non-hydrogen) atoms. The van der Waals surface area contributed by atoms with Crippen molar-refractivity contribution in [3.8, 4) is 5.75 Å². The molecule has 1 rings (SSSR count). The van der Waals surface area contributed by atoms with E-state index in [1.54, 1.807) is 7.11 Å². The van der Waals surface area contributed by atoms with Gasteiger partial charge >= 0.3 is 0 Å². The Hall–Kier alpha value is -0.730. The molecule has 0 aliphatic heterocycles. The molecule has 2 nitrogen and oxygen atoms in total. The lowest BCUT2D eigenvalue weighted by Crippen LogP contribution is -2.17. The quantitative estimate of drug-likeness (QED) is 0.882. The fourth-order valence-corrected chi connectivity index (χ4v) is 1.73. The van der Waals surface area contributed by atoms with E-state index in [0.29, 0.717) is 5.92 Å².